The summed E-state index contributed by atoms with van der Waals surface area (Å²) in [5.41, 5.74) is -0.372. The minimum atomic E-state index is -1.20. The maximum absolute atomic E-state index is 12.3. The number of aliphatic hydroxyl groups is 1. The van der Waals surface area contributed by atoms with Gasteiger partial charge in [0.05, 0.1) is 21.1 Å². The third-order valence-electron chi connectivity index (χ3n) is 7.68. The number of rotatable bonds is 9. The van der Waals surface area contributed by atoms with Gasteiger partial charge in [0.2, 0.25) is 0 Å². The molecule has 4 atom stereocenters. The molecule has 0 spiro atoms. The molecular formula is C26H31Cl2N3O6. The Labute approximate surface area is 225 Å². The first kappa shape index (κ1) is 28.7. The lowest BCUT2D eigenvalue weighted by atomic mass is 9.65. The maximum Gasteiger partial charge on any atom is 0.323 e. The molecule has 37 heavy (non-hydrogen) atoms. The summed E-state index contributed by atoms with van der Waals surface area (Å²) in [6, 6.07) is 9.78. The monoisotopic (exact) mass is 551 g/mol. The van der Waals surface area contributed by atoms with Crippen molar-refractivity contribution in [3.63, 3.8) is 0 Å². The topological polar surface area (TPSA) is 148 Å². The van der Waals surface area contributed by atoms with Crippen molar-refractivity contribution in [1.29, 1.82) is 0 Å². The van der Waals surface area contributed by atoms with E-state index in [0.717, 1.165) is 0 Å². The van der Waals surface area contributed by atoms with Gasteiger partial charge in [-0.15, -0.1) is 0 Å². The van der Waals surface area contributed by atoms with Crippen molar-refractivity contribution in [3.8, 4) is 0 Å². The van der Waals surface area contributed by atoms with E-state index >= 15 is 0 Å². The van der Waals surface area contributed by atoms with Crippen LogP contribution in [0.5, 0.6) is 0 Å². The first-order valence-corrected chi connectivity index (χ1v) is 12.5. The number of hydrogen-bond donors (Lipinski definition) is 6. The van der Waals surface area contributed by atoms with Crippen molar-refractivity contribution in [2.24, 2.45) is 16.7 Å². The SMILES string of the molecule is CC1(C)[C@@H](C(O)N[C@@H](Cc2ccc(NC(=O)Nc3c(Cl)cccc3Cl)cc2)C(=O)O)CC[C@@]1(C)C(=O)O. The number of para-hydroxylation sites is 1. The van der Waals surface area contributed by atoms with Gasteiger partial charge in [-0.05, 0) is 61.4 Å². The molecule has 1 fully saturated rings. The van der Waals surface area contributed by atoms with Crippen molar-refractivity contribution in [3.05, 3.63) is 58.1 Å². The number of carboxylic acids is 2. The lowest BCUT2D eigenvalue weighted by Crippen LogP contribution is -2.52. The van der Waals surface area contributed by atoms with Crippen LogP contribution in [0.15, 0.2) is 42.5 Å². The second-order valence-corrected chi connectivity index (χ2v) is 10.9. The van der Waals surface area contributed by atoms with E-state index in [1.54, 1.807) is 63.2 Å². The summed E-state index contributed by atoms with van der Waals surface area (Å²) in [4.78, 5) is 36.1. The number of halogens is 2. The highest BCUT2D eigenvalue weighted by Crippen LogP contribution is 2.56. The third kappa shape index (κ3) is 6.18. The van der Waals surface area contributed by atoms with E-state index in [-0.39, 0.29) is 12.1 Å². The Morgan fingerprint density at radius 3 is 2.11 bits per heavy atom. The second kappa shape index (κ2) is 11.3. The standard InChI is InChI=1S/C26H31Cl2N3O6/c1-25(2)16(11-12-26(25,3)23(35)36)21(32)30-19(22(33)34)13-14-7-9-15(10-8-14)29-24(37)31-20-17(27)5-4-6-18(20)28/h4-10,16,19,21,30,32H,11-13H2,1-3H3,(H,33,34)(H,35,36)(H2,29,31,37)/t16-,19+,21?,26+/m1/s1. The smallest absolute Gasteiger partial charge is 0.323 e. The van der Waals surface area contributed by atoms with Crippen LogP contribution in [0, 0.1) is 16.7 Å². The third-order valence-corrected chi connectivity index (χ3v) is 8.31. The van der Waals surface area contributed by atoms with E-state index in [1.807, 2.05) is 0 Å². The molecular weight excluding hydrogens is 521 g/mol. The van der Waals surface area contributed by atoms with E-state index in [9.17, 15) is 29.7 Å². The van der Waals surface area contributed by atoms with E-state index in [1.165, 1.54) is 0 Å². The highest BCUT2D eigenvalue weighted by molar-refractivity contribution is 6.39. The normalized spacial score (nSPS) is 22.2. The second-order valence-electron chi connectivity index (χ2n) is 10.1. The molecule has 0 bridgehead atoms. The minimum absolute atomic E-state index is 0.0669. The predicted molar refractivity (Wildman–Crippen MR) is 142 cm³/mol. The molecule has 0 heterocycles. The number of aliphatic carboxylic acids is 2. The lowest BCUT2D eigenvalue weighted by molar-refractivity contribution is -0.156. The summed E-state index contributed by atoms with van der Waals surface area (Å²) in [5.74, 6) is -2.51. The Hall–Kier alpha value is -2.85. The molecule has 11 heteroatoms. The molecule has 2 aromatic carbocycles. The summed E-state index contributed by atoms with van der Waals surface area (Å²) < 4.78 is 0. The van der Waals surface area contributed by atoms with Gasteiger partial charge in [-0.1, -0.05) is 55.2 Å². The zero-order chi connectivity index (χ0) is 27.5. The number of hydrogen-bond acceptors (Lipinski definition) is 5. The summed E-state index contributed by atoms with van der Waals surface area (Å²) in [6.07, 6.45) is -0.282. The Morgan fingerprint density at radius 1 is 1.00 bits per heavy atom. The van der Waals surface area contributed by atoms with Crippen LogP contribution >= 0.6 is 23.2 Å². The predicted octanol–water partition coefficient (Wildman–Crippen LogP) is 5.07. The molecule has 1 saturated carbocycles. The zero-order valence-electron chi connectivity index (χ0n) is 20.7. The molecule has 0 radical (unpaired) electrons. The molecule has 0 aliphatic heterocycles. The summed E-state index contributed by atoms with van der Waals surface area (Å²) >= 11 is 12.1. The fourth-order valence-electron chi connectivity index (χ4n) is 4.86. The lowest BCUT2D eigenvalue weighted by Gasteiger charge is -2.40. The number of aliphatic hydroxyl groups excluding tert-OH is 1. The fraction of sp³-hybridized carbons (Fsp3) is 0.423. The quantitative estimate of drug-likeness (QED) is 0.238. The van der Waals surface area contributed by atoms with Crippen LogP contribution in [0.3, 0.4) is 0 Å². The van der Waals surface area contributed by atoms with Gasteiger partial charge in [-0.3, -0.25) is 14.9 Å². The number of nitrogens with one attached hydrogen (secondary N) is 3. The zero-order valence-corrected chi connectivity index (χ0v) is 22.2. The average Bonchev–Trinajstić information content (AvgIpc) is 3.07. The van der Waals surface area contributed by atoms with Gasteiger partial charge in [0.15, 0.2) is 0 Å². The summed E-state index contributed by atoms with van der Waals surface area (Å²) in [6.45, 7) is 5.25. The molecule has 9 nitrogen and oxygen atoms in total. The van der Waals surface area contributed by atoms with Crippen LogP contribution in [-0.2, 0) is 16.0 Å². The summed E-state index contributed by atoms with van der Waals surface area (Å²) in [5, 5.41) is 38.9. The van der Waals surface area contributed by atoms with Crippen molar-refractivity contribution >= 4 is 52.5 Å². The first-order valence-electron chi connectivity index (χ1n) is 11.8. The molecule has 1 aliphatic carbocycles. The summed E-state index contributed by atoms with van der Waals surface area (Å²) in [7, 11) is 0. The molecule has 1 aliphatic rings. The molecule has 2 aromatic rings. The molecule has 1 unspecified atom stereocenters. The van der Waals surface area contributed by atoms with Gasteiger partial charge in [-0.2, -0.15) is 0 Å². The van der Waals surface area contributed by atoms with Crippen molar-refractivity contribution in [1.82, 2.24) is 5.32 Å². The average molecular weight is 552 g/mol. The van der Waals surface area contributed by atoms with Crippen molar-refractivity contribution < 1.29 is 29.7 Å². The Bertz CT molecular complexity index is 1150. The van der Waals surface area contributed by atoms with Crippen LogP contribution in [0.2, 0.25) is 10.0 Å². The van der Waals surface area contributed by atoms with Crippen molar-refractivity contribution in [2.75, 3.05) is 10.6 Å². The number of carbonyl (C=O) groups is 3. The van der Waals surface area contributed by atoms with Gasteiger partial charge >= 0.3 is 18.0 Å². The van der Waals surface area contributed by atoms with Crippen LogP contribution in [-0.4, -0.2) is 45.6 Å². The Kier molecular flexibility index (Phi) is 8.74. The van der Waals surface area contributed by atoms with E-state index in [0.29, 0.717) is 34.1 Å². The number of carbonyl (C=O) groups excluding carboxylic acids is 1. The van der Waals surface area contributed by atoms with Gasteiger partial charge < -0.3 is 26.0 Å². The Morgan fingerprint density at radius 2 is 1.59 bits per heavy atom. The van der Waals surface area contributed by atoms with E-state index < -0.39 is 47.0 Å². The molecule has 3 rings (SSSR count). The van der Waals surface area contributed by atoms with E-state index in [4.69, 9.17) is 23.2 Å². The number of urea groups is 1. The highest BCUT2D eigenvalue weighted by atomic mass is 35.5. The fourth-order valence-corrected chi connectivity index (χ4v) is 5.36. The van der Waals surface area contributed by atoms with E-state index in [2.05, 4.69) is 16.0 Å². The van der Waals surface area contributed by atoms with Gasteiger partial charge in [-0.25, -0.2) is 4.79 Å². The molecule has 0 saturated heterocycles. The number of carboxylic acid groups (broad SMARTS) is 2. The van der Waals surface area contributed by atoms with Gasteiger partial charge in [0, 0.05) is 11.6 Å². The van der Waals surface area contributed by atoms with Gasteiger partial charge in [0.1, 0.15) is 12.3 Å². The minimum Gasteiger partial charge on any atom is -0.481 e. The Balaban J connectivity index is 1.62. The maximum atomic E-state index is 12.3. The largest absolute Gasteiger partial charge is 0.481 e. The van der Waals surface area contributed by atoms with Gasteiger partial charge in [0.25, 0.3) is 0 Å². The number of amides is 2. The van der Waals surface area contributed by atoms with Crippen molar-refractivity contribution in [2.45, 2.75) is 52.3 Å². The first-order chi connectivity index (χ1) is 17.3. The van der Waals surface area contributed by atoms with Crippen LogP contribution in [0.4, 0.5) is 16.2 Å². The molecule has 2 amide bonds. The van der Waals surface area contributed by atoms with Crippen LogP contribution in [0.1, 0.15) is 39.2 Å². The molecule has 0 aromatic heterocycles. The molecule has 6 N–H and O–H groups in total. The molecule has 200 valence electrons. The van der Waals surface area contributed by atoms with Crippen LogP contribution < -0.4 is 16.0 Å². The number of benzene rings is 2. The number of anilines is 2. The van der Waals surface area contributed by atoms with Crippen LogP contribution in [0.25, 0.3) is 0 Å². The highest BCUT2D eigenvalue weighted by Gasteiger charge is 2.58.